The Labute approximate surface area is 105 Å². The van der Waals surface area contributed by atoms with Gasteiger partial charge in [0.2, 0.25) is 11.7 Å². The van der Waals surface area contributed by atoms with E-state index in [4.69, 9.17) is 14.0 Å². The molecule has 0 bridgehead atoms. The van der Waals surface area contributed by atoms with Crippen LogP contribution in [0.5, 0.6) is 0 Å². The van der Waals surface area contributed by atoms with Gasteiger partial charge in [0.1, 0.15) is 0 Å². The maximum Gasteiger partial charge on any atom is 0.241 e. The first-order chi connectivity index (χ1) is 8.83. The van der Waals surface area contributed by atoms with Crippen LogP contribution >= 0.6 is 0 Å². The van der Waals surface area contributed by atoms with Crippen LogP contribution in [0.15, 0.2) is 27.3 Å². The Morgan fingerprint density at radius 2 is 2.33 bits per heavy atom. The summed E-state index contributed by atoms with van der Waals surface area (Å²) >= 11 is 0. The molecule has 2 heterocycles. The van der Waals surface area contributed by atoms with Crippen LogP contribution in [0.2, 0.25) is 0 Å². The van der Waals surface area contributed by atoms with Gasteiger partial charge in [0, 0.05) is 13.2 Å². The average molecular weight is 251 g/mol. The number of aromatic nitrogens is 2. The van der Waals surface area contributed by atoms with E-state index in [0.717, 1.165) is 19.5 Å². The van der Waals surface area contributed by atoms with E-state index in [1.165, 1.54) is 0 Å². The predicted molar refractivity (Wildman–Crippen MR) is 64.7 cm³/mol. The van der Waals surface area contributed by atoms with Gasteiger partial charge in [0.25, 0.3) is 0 Å². The summed E-state index contributed by atoms with van der Waals surface area (Å²) in [5.41, 5.74) is 0. The molecule has 0 aromatic carbocycles. The first-order valence-electron chi connectivity index (χ1n) is 6.03. The summed E-state index contributed by atoms with van der Waals surface area (Å²) in [5, 5.41) is 12.7. The van der Waals surface area contributed by atoms with Gasteiger partial charge in [-0.3, -0.25) is 4.90 Å². The molecule has 0 aliphatic heterocycles. The van der Waals surface area contributed by atoms with Crippen molar-refractivity contribution in [1.29, 1.82) is 0 Å². The minimum atomic E-state index is 0.192. The molecule has 0 spiro atoms. The van der Waals surface area contributed by atoms with E-state index in [1.54, 1.807) is 18.4 Å². The number of rotatable bonds is 7. The van der Waals surface area contributed by atoms with Gasteiger partial charge < -0.3 is 14.0 Å². The highest BCUT2D eigenvalue weighted by atomic mass is 16.5. The molecule has 6 nitrogen and oxygen atoms in total. The molecule has 0 atom stereocenters. The molecule has 0 radical (unpaired) electrons. The van der Waals surface area contributed by atoms with E-state index in [2.05, 4.69) is 22.0 Å². The smallest absolute Gasteiger partial charge is 0.241 e. The molecule has 0 saturated carbocycles. The number of nitrogens with zero attached hydrogens (tertiary/aromatic N) is 3. The van der Waals surface area contributed by atoms with Gasteiger partial charge in [-0.2, -0.15) is 4.98 Å². The van der Waals surface area contributed by atoms with Crippen molar-refractivity contribution in [3.63, 3.8) is 0 Å². The van der Waals surface area contributed by atoms with Crippen molar-refractivity contribution in [3.05, 3.63) is 24.3 Å². The molecule has 18 heavy (non-hydrogen) atoms. The molecule has 1 N–H and O–H groups in total. The third-order valence-corrected chi connectivity index (χ3v) is 2.65. The fourth-order valence-corrected chi connectivity index (χ4v) is 1.66. The summed E-state index contributed by atoms with van der Waals surface area (Å²) in [6.07, 6.45) is 2.32. The van der Waals surface area contributed by atoms with Gasteiger partial charge >= 0.3 is 0 Å². The second kappa shape index (κ2) is 6.32. The molecule has 2 aromatic heterocycles. The monoisotopic (exact) mass is 251 g/mol. The minimum Gasteiger partial charge on any atom is -0.461 e. The van der Waals surface area contributed by atoms with Gasteiger partial charge in [-0.15, -0.1) is 0 Å². The third-order valence-electron chi connectivity index (χ3n) is 2.65. The topological polar surface area (TPSA) is 75.5 Å². The summed E-state index contributed by atoms with van der Waals surface area (Å²) in [6, 6.07) is 3.57. The zero-order valence-corrected chi connectivity index (χ0v) is 10.4. The summed E-state index contributed by atoms with van der Waals surface area (Å²) in [4.78, 5) is 6.41. The van der Waals surface area contributed by atoms with Gasteiger partial charge in [0.05, 0.1) is 12.8 Å². The maximum absolute atomic E-state index is 8.82. The SMILES string of the molecule is CCN(CCCO)Cc1nc(-c2ccco2)no1. The first-order valence-corrected chi connectivity index (χ1v) is 6.03. The van der Waals surface area contributed by atoms with Gasteiger partial charge in [-0.25, -0.2) is 0 Å². The second-order valence-corrected chi connectivity index (χ2v) is 3.93. The first kappa shape index (κ1) is 12.8. The normalized spacial score (nSPS) is 11.3. The van der Waals surface area contributed by atoms with E-state index >= 15 is 0 Å². The molecular formula is C12H17N3O3. The number of aliphatic hydroxyl groups is 1. The van der Waals surface area contributed by atoms with Crippen LogP contribution in [0.1, 0.15) is 19.2 Å². The van der Waals surface area contributed by atoms with Crippen molar-refractivity contribution < 1.29 is 14.0 Å². The molecule has 0 unspecified atom stereocenters. The van der Waals surface area contributed by atoms with Crippen LogP contribution in [0.25, 0.3) is 11.6 Å². The Bertz CT molecular complexity index is 453. The standard InChI is InChI=1S/C12H17N3O3/c1-2-15(6-4-7-16)9-11-13-12(14-18-11)10-5-3-8-17-10/h3,5,8,16H,2,4,6-7,9H2,1H3. The Balaban J connectivity index is 1.97. The Hall–Kier alpha value is -1.66. The molecule has 0 aliphatic rings. The Kier molecular flexibility index (Phi) is 4.49. The van der Waals surface area contributed by atoms with Crippen LogP contribution in [0, 0.1) is 0 Å². The lowest BCUT2D eigenvalue weighted by atomic mass is 10.4. The van der Waals surface area contributed by atoms with Crippen molar-refractivity contribution in [3.8, 4) is 11.6 Å². The lowest BCUT2D eigenvalue weighted by Gasteiger charge is -2.16. The van der Waals surface area contributed by atoms with Crippen molar-refractivity contribution >= 4 is 0 Å². The molecule has 2 aromatic rings. The number of hydrogen-bond acceptors (Lipinski definition) is 6. The molecule has 98 valence electrons. The van der Waals surface area contributed by atoms with Crippen molar-refractivity contribution in [2.24, 2.45) is 0 Å². The van der Waals surface area contributed by atoms with Crippen LogP contribution in [0.4, 0.5) is 0 Å². The summed E-state index contributed by atoms with van der Waals surface area (Å²) in [6.45, 7) is 4.52. The Morgan fingerprint density at radius 1 is 1.44 bits per heavy atom. The van der Waals surface area contributed by atoms with Gasteiger partial charge in [-0.05, 0) is 25.1 Å². The Morgan fingerprint density at radius 3 is 3.00 bits per heavy atom. The van der Waals surface area contributed by atoms with Crippen LogP contribution in [0.3, 0.4) is 0 Å². The molecule has 6 heteroatoms. The third kappa shape index (κ3) is 3.18. The largest absolute Gasteiger partial charge is 0.461 e. The minimum absolute atomic E-state index is 0.192. The van der Waals surface area contributed by atoms with E-state index in [9.17, 15) is 0 Å². The van der Waals surface area contributed by atoms with Crippen LogP contribution in [-0.4, -0.2) is 39.8 Å². The van der Waals surface area contributed by atoms with Crippen molar-refractivity contribution in [2.45, 2.75) is 19.9 Å². The number of hydrogen-bond donors (Lipinski definition) is 1. The lowest BCUT2D eigenvalue weighted by Crippen LogP contribution is -2.24. The second-order valence-electron chi connectivity index (χ2n) is 3.93. The summed E-state index contributed by atoms with van der Waals surface area (Å²) in [7, 11) is 0. The van der Waals surface area contributed by atoms with Gasteiger partial charge in [-0.1, -0.05) is 12.1 Å². The highest BCUT2D eigenvalue weighted by Crippen LogP contribution is 2.16. The fourth-order valence-electron chi connectivity index (χ4n) is 1.66. The summed E-state index contributed by atoms with van der Waals surface area (Å²) < 4.78 is 10.4. The maximum atomic E-state index is 8.82. The van der Waals surface area contributed by atoms with Gasteiger partial charge in [0.15, 0.2) is 5.76 Å². The van der Waals surface area contributed by atoms with Crippen LogP contribution in [-0.2, 0) is 6.54 Å². The number of furan rings is 1. The van der Waals surface area contributed by atoms with Crippen molar-refractivity contribution in [1.82, 2.24) is 15.0 Å². The molecule has 2 rings (SSSR count). The highest BCUT2D eigenvalue weighted by Gasteiger charge is 2.13. The highest BCUT2D eigenvalue weighted by molar-refractivity contribution is 5.44. The molecule has 0 fully saturated rings. The quantitative estimate of drug-likeness (QED) is 0.804. The zero-order chi connectivity index (χ0) is 12.8. The van der Waals surface area contributed by atoms with Crippen molar-refractivity contribution in [2.75, 3.05) is 19.7 Å². The lowest BCUT2D eigenvalue weighted by molar-refractivity contribution is 0.205. The fraction of sp³-hybridized carbons (Fsp3) is 0.500. The summed E-state index contributed by atoms with van der Waals surface area (Å²) in [5.74, 6) is 1.62. The van der Waals surface area contributed by atoms with E-state index in [1.807, 2.05) is 0 Å². The van der Waals surface area contributed by atoms with Crippen LogP contribution < -0.4 is 0 Å². The van der Waals surface area contributed by atoms with E-state index in [0.29, 0.717) is 24.0 Å². The predicted octanol–water partition coefficient (Wildman–Crippen LogP) is 1.53. The van der Waals surface area contributed by atoms with E-state index < -0.39 is 0 Å². The molecule has 0 aliphatic carbocycles. The average Bonchev–Trinajstić information content (AvgIpc) is 3.04. The van der Waals surface area contributed by atoms with E-state index in [-0.39, 0.29) is 6.61 Å². The molecule has 0 amide bonds. The zero-order valence-electron chi connectivity index (χ0n) is 10.4. The molecular weight excluding hydrogens is 234 g/mol. The number of aliphatic hydroxyl groups excluding tert-OH is 1. The molecule has 0 saturated heterocycles.